The van der Waals surface area contributed by atoms with Gasteiger partial charge in [-0.25, -0.2) is 12.8 Å². The highest BCUT2D eigenvalue weighted by Gasteiger charge is 2.45. The molecule has 1 aromatic carbocycles. The number of benzene rings is 1. The molecule has 0 aromatic heterocycles. The Labute approximate surface area is 152 Å². The largest absolute Gasteiger partial charge is 0.341 e. The Morgan fingerprint density at radius 3 is 2.56 bits per heavy atom. The first-order valence-electron chi connectivity index (χ1n) is 8.51. The van der Waals surface area contributed by atoms with Crippen molar-refractivity contribution in [1.29, 1.82) is 0 Å². The van der Waals surface area contributed by atoms with E-state index in [9.17, 15) is 17.6 Å². The summed E-state index contributed by atoms with van der Waals surface area (Å²) in [6, 6.07) is 3.50. The van der Waals surface area contributed by atoms with E-state index in [0.717, 1.165) is 23.6 Å². The monoisotopic (exact) mass is 388 g/mol. The van der Waals surface area contributed by atoms with E-state index in [0.29, 0.717) is 23.7 Å². The predicted molar refractivity (Wildman–Crippen MR) is 93.8 cm³/mol. The van der Waals surface area contributed by atoms with Gasteiger partial charge in [0.2, 0.25) is 15.9 Å². The number of rotatable bonds is 3. The third-order valence-corrected chi connectivity index (χ3v) is 7.15. The second kappa shape index (κ2) is 7.21. The van der Waals surface area contributed by atoms with Crippen molar-refractivity contribution in [3.8, 4) is 0 Å². The lowest BCUT2D eigenvalue weighted by atomic mass is 10.1. The van der Waals surface area contributed by atoms with Crippen LogP contribution >= 0.6 is 11.6 Å². The fourth-order valence-corrected chi connectivity index (χ4v) is 5.65. The van der Waals surface area contributed by atoms with Crippen LogP contribution in [-0.2, 0) is 14.8 Å². The number of carbonyl (C=O) groups excluding carboxylic acids is 1. The zero-order chi connectivity index (χ0) is 18.2. The summed E-state index contributed by atoms with van der Waals surface area (Å²) < 4.78 is 41.2. The normalized spacial score (nSPS) is 25.3. The molecule has 0 radical (unpaired) electrons. The molecule has 2 heterocycles. The van der Waals surface area contributed by atoms with Gasteiger partial charge in [-0.1, -0.05) is 11.6 Å². The minimum atomic E-state index is -3.96. The van der Waals surface area contributed by atoms with Crippen molar-refractivity contribution in [2.45, 2.75) is 49.7 Å². The SMILES string of the molecule is Cc1cc(Cl)ccc1S(=O)(=O)N1C[C@@H](F)C[C@H]1C(=O)N1CCCCC1. The van der Waals surface area contributed by atoms with Crippen molar-refractivity contribution in [2.24, 2.45) is 0 Å². The van der Waals surface area contributed by atoms with E-state index in [1.54, 1.807) is 17.9 Å². The summed E-state index contributed by atoms with van der Waals surface area (Å²) in [5.41, 5.74) is 0.485. The molecule has 138 valence electrons. The van der Waals surface area contributed by atoms with Crippen molar-refractivity contribution < 1.29 is 17.6 Å². The Morgan fingerprint density at radius 2 is 1.92 bits per heavy atom. The number of amides is 1. The molecule has 1 aromatic rings. The second-order valence-electron chi connectivity index (χ2n) is 6.72. The fraction of sp³-hybridized carbons (Fsp3) is 0.588. The first kappa shape index (κ1) is 18.6. The van der Waals surface area contributed by atoms with E-state index in [-0.39, 0.29) is 23.8 Å². The molecule has 2 aliphatic heterocycles. The maximum atomic E-state index is 14.1. The van der Waals surface area contributed by atoms with Crippen molar-refractivity contribution in [2.75, 3.05) is 19.6 Å². The lowest BCUT2D eigenvalue weighted by Gasteiger charge is -2.32. The number of hydrogen-bond acceptors (Lipinski definition) is 3. The smallest absolute Gasteiger partial charge is 0.244 e. The molecule has 3 rings (SSSR count). The number of nitrogens with zero attached hydrogens (tertiary/aromatic N) is 2. The molecule has 0 saturated carbocycles. The van der Waals surface area contributed by atoms with E-state index in [1.807, 2.05) is 0 Å². The number of halogens is 2. The minimum Gasteiger partial charge on any atom is -0.341 e. The first-order valence-corrected chi connectivity index (χ1v) is 10.3. The zero-order valence-electron chi connectivity index (χ0n) is 14.1. The standard InChI is InChI=1S/C17H22ClFN2O3S/c1-12-9-13(18)5-6-16(12)25(23,24)21-11-14(19)10-15(21)17(22)20-7-3-2-4-8-20/h5-6,9,14-15H,2-4,7-8,10-11H2,1H3/t14-,15-/m0/s1. The second-order valence-corrected chi connectivity index (χ2v) is 9.01. The highest BCUT2D eigenvalue weighted by atomic mass is 35.5. The van der Waals surface area contributed by atoms with Crippen LogP contribution in [0.3, 0.4) is 0 Å². The molecular formula is C17H22ClFN2O3S. The molecule has 0 bridgehead atoms. The highest BCUT2D eigenvalue weighted by molar-refractivity contribution is 7.89. The summed E-state index contributed by atoms with van der Waals surface area (Å²) in [6.07, 6.45) is 1.45. The maximum Gasteiger partial charge on any atom is 0.244 e. The first-order chi connectivity index (χ1) is 11.8. The van der Waals surface area contributed by atoms with Gasteiger partial charge in [0.15, 0.2) is 0 Å². The van der Waals surface area contributed by atoms with Gasteiger partial charge in [-0.3, -0.25) is 4.79 Å². The van der Waals surface area contributed by atoms with Crippen LogP contribution in [0.25, 0.3) is 0 Å². The molecule has 2 atom stereocenters. The Kier molecular flexibility index (Phi) is 5.37. The van der Waals surface area contributed by atoms with E-state index in [2.05, 4.69) is 0 Å². The number of alkyl halides is 1. The van der Waals surface area contributed by atoms with Gasteiger partial charge < -0.3 is 4.90 Å². The van der Waals surface area contributed by atoms with Crippen molar-refractivity contribution in [1.82, 2.24) is 9.21 Å². The van der Waals surface area contributed by atoms with Crippen LogP contribution in [0.5, 0.6) is 0 Å². The Hall–Kier alpha value is -1.18. The third kappa shape index (κ3) is 3.68. The molecule has 0 unspecified atom stereocenters. The highest BCUT2D eigenvalue weighted by Crippen LogP contribution is 2.31. The number of piperidine rings is 1. The predicted octanol–water partition coefficient (Wildman–Crippen LogP) is 2.76. The summed E-state index contributed by atoms with van der Waals surface area (Å²) in [5, 5.41) is 0.433. The fourth-order valence-electron chi connectivity index (χ4n) is 3.60. The summed E-state index contributed by atoms with van der Waals surface area (Å²) in [7, 11) is -3.96. The van der Waals surface area contributed by atoms with Crippen LogP contribution in [0.4, 0.5) is 4.39 Å². The Balaban J connectivity index is 1.91. The topological polar surface area (TPSA) is 57.7 Å². The Bertz CT molecular complexity index is 765. The van der Waals surface area contributed by atoms with Gasteiger partial charge >= 0.3 is 0 Å². The lowest BCUT2D eigenvalue weighted by Crippen LogP contribution is -2.49. The molecule has 2 saturated heterocycles. The van der Waals surface area contributed by atoms with Gasteiger partial charge in [-0.15, -0.1) is 0 Å². The number of sulfonamides is 1. The van der Waals surface area contributed by atoms with E-state index in [4.69, 9.17) is 11.6 Å². The number of carbonyl (C=O) groups is 1. The molecular weight excluding hydrogens is 367 g/mol. The van der Waals surface area contributed by atoms with E-state index < -0.39 is 22.2 Å². The van der Waals surface area contributed by atoms with Crippen LogP contribution in [-0.4, -0.2) is 55.4 Å². The third-order valence-electron chi connectivity index (χ3n) is 4.88. The van der Waals surface area contributed by atoms with Crippen molar-refractivity contribution in [3.05, 3.63) is 28.8 Å². The van der Waals surface area contributed by atoms with Crippen LogP contribution in [0.2, 0.25) is 5.02 Å². The summed E-state index contributed by atoms with van der Waals surface area (Å²) >= 11 is 5.90. The average Bonchev–Trinajstić information content (AvgIpc) is 2.97. The van der Waals surface area contributed by atoms with Gasteiger partial charge in [0.25, 0.3) is 0 Å². The van der Waals surface area contributed by atoms with Crippen molar-refractivity contribution >= 4 is 27.5 Å². The van der Waals surface area contributed by atoms with Gasteiger partial charge in [0.05, 0.1) is 4.90 Å². The zero-order valence-corrected chi connectivity index (χ0v) is 15.7. The molecule has 8 heteroatoms. The lowest BCUT2D eigenvalue weighted by molar-refractivity contribution is -0.135. The summed E-state index contributed by atoms with van der Waals surface area (Å²) in [5.74, 6) is -0.282. The maximum absolute atomic E-state index is 14.1. The van der Waals surface area contributed by atoms with Gasteiger partial charge in [-0.05, 0) is 49.9 Å². The summed E-state index contributed by atoms with van der Waals surface area (Å²) in [6.45, 7) is 2.58. The molecule has 2 aliphatic rings. The summed E-state index contributed by atoms with van der Waals surface area (Å²) in [4.78, 5) is 14.5. The minimum absolute atomic E-state index is 0.0717. The molecule has 0 spiro atoms. The van der Waals surface area contributed by atoms with Crippen LogP contribution in [0.15, 0.2) is 23.1 Å². The molecule has 0 aliphatic carbocycles. The molecule has 0 N–H and O–H groups in total. The van der Waals surface area contributed by atoms with Crippen LogP contribution in [0, 0.1) is 6.92 Å². The quantitative estimate of drug-likeness (QED) is 0.800. The van der Waals surface area contributed by atoms with E-state index in [1.165, 1.54) is 12.1 Å². The van der Waals surface area contributed by atoms with Gasteiger partial charge in [-0.2, -0.15) is 4.31 Å². The number of aryl methyl sites for hydroxylation is 1. The van der Waals surface area contributed by atoms with Crippen molar-refractivity contribution in [3.63, 3.8) is 0 Å². The van der Waals surface area contributed by atoms with Gasteiger partial charge in [0, 0.05) is 31.1 Å². The number of hydrogen-bond donors (Lipinski definition) is 0. The number of likely N-dealkylation sites (tertiary alicyclic amines) is 1. The molecule has 1 amide bonds. The Morgan fingerprint density at radius 1 is 1.24 bits per heavy atom. The van der Waals surface area contributed by atoms with Crippen LogP contribution in [0.1, 0.15) is 31.2 Å². The molecule has 2 fully saturated rings. The molecule has 25 heavy (non-hydrogen) atoms. The average molecular weight is 389 g/mol. The molecule has 5 nitrogen and oxygen atoms in total. The van der Waals surface area contributed by atoms with Crippen LogP contribution < -0.4 is 0 Å². The van der Waals surface area contributed by atoms with E-state index >= 15 is 0 Å². The van der Waals surface area contributed by atoms with Gasteiger partial charge in [0.1, 0.15) is 12.2 Å².